The van der Waals surface area contributed by atoms with Crippen LogP contribution in [0.2, 0.25) is 0 Å². The van der Waals surface area contributed by atoms with E-state index in [0.717, 1.165) is 40.8 Å². The average Bonchev–Trinajstić information content (AvgIpc) is 3.08. The number of nitrogens with one attached hydrogen (secondary N) is 1. The van der Waals surface area contributed by atoms with Gasteiger partial charge < -0.3 is 10.1 Å². The summed E-state index contributed by atoms with van der Waals surface area (Å²) in [4.78, 5) is 5.46. The molecule has 0 saturated heterocycles. The number of aliphatic imine (C=N–C) groups is 1. The van der Waals surface area contributed by atoms with Crippen molar-refractivity contribution in [3.8, 4) is 16.2 Å². The predicted molar refractivity (Wildman–Crippen MR) is 78.1 cm³/mol. The van der Waals surface area contributed by atoms with Crippen molar-refractivity contribution in [1.29, 1.82) is 0 Å². The van der Waals surface area contributed by atoms with Crippen molar-refractivity contribution in [3.63, 3.8) is 0 Å². The third kappa shape index (κ3) is 2.76. The molecule has 1 N–H and O–H groups in total. The molecule has 2 aromatic rings. The van der Waals surface area contributed by atoms with Gasteiger partial charge in [-0.3, -0.25) is 4.99 Å². The highest BCUT2D eigenvalue weighted by molar-refractivity contribution is 7.09. The van der Waals surface area contributed by atoms with E-state index < -0.39 is 0 Å². The van der Waals surface area contributed by atoms with E-state index in [4.69, 9.17) is 4.74 Å². The van der Waals surface area contributed by atoms with Gasteiger partial charge >= 0.3 is 0 Å². The molecule has 0 amide bonds. The van der Waals surface area contributed by atoms with Gasteiger partial charge in [0.05, 0.1) is 17.1 Å². The molecule has 0 unspecified atom stereocenters. The number of benzene rings is 1. The summed E-state index contributed by atoms with van der Waals surface area (Å²) >= 11 is 1.50. The zero-order valence-corrected chi connectivity index (χ0v) is 11.5. The first kappa shape index (κ1) is 12.2. The Kier molecular flexibility index (Phi) is 3.46. The minimum absolute atomic E-state index is 0.495. The number of rotatable bonds is 4. The predicted octanol–water partition coefficient (Wildman–Crippen LogP) is 2.50. The minimum Gasteiger partial charge on any atom is -0.485 e. The Hall–Kier alpha value is -1.88. The SMILES string of the molecule is Cc1cc(-c2ccccc2OCC2=NCCN2)sn1. The van der Waals surface area contributed by atoms with Gasteiger partial charge in [-0.1, -0.05) is 12.1 Å². The lowest BCUT2D eigenvalue weighted by atomic mass is 10.1. The van der Waals surface area contributed by atoms with Gasteiger partial charge in [-0.25, -0.2) is 0 Å². The molecule has 1 aliphatic rings. The number of nitrogens with zero attached hydrogens (tertiary/aromatic N) is 2. The molecule has 0 fully saturated rings. The molecular weight excluding hydrogens is 258 g/mol. The van der Waals surface area contributed by atoms with Gasteiger partial charge in [0, 0.05) is 12.1 Å². The van der Waals surface area contributed by atoms with Gasteiger partial charge in [0.25, 0.3) is 0 Å². The lowest BCUT2D eigenvalue weighted by molar-refractivity contribution is 0.375. The van der Waals surface area contributed by atoms with Crippen molar-refractivity contribution in [2.45, 2.75) is 6.92 Å². The first-order chi connectivity index (χ1) is 9.33. The Bertz CT molecular complexity index is 606. The number of para-hydroxylation sites is 1. The molecule has 19 heavy (non-hydrogen) atoms. The molecule has 3 rings (SSSR count). The molecule has 0 radical (unpaired) electrons. The van der Waals surface area contributed by atoms with E-state index >= 15 is 0 Å². The van der Waals surface area contributed by atoms with E-state index in [1.807, 2.05) is 25.1 Å². The van der Waals surface area contributed by atoms with Gasteiger partial charge in [0.2, 0.25) is 0 Å². The average molecular weight is 273 g/mol. The fourth-order valence-electron chi connectivity index (χ4n) is 1.98. The van der Waals surface area contributed by atoms with E-state index in [9.17, 15) is 0 Å². The van der Waals surface area contributed by atoms with Crippen molar-refractivity contribution in [2.24, 2.45) is 4.99 Å². The van der Waals surface area contributed by atoms with Gasteiger partial charge in [0.15, 0.2) is 0 Å². The largest absolute Gasteiger partial charge is 0.485 e. The van der Waals surface area contributed by atoms with Gasteiger partial charge in [0.1, 0.15) is 18.2 Å². The molecular formula is C14H15N3OS. The van der Waals surface area contributed by atoms with Gasteiger partial charge in [-0.15, -0.1) is 0 Å². The van der Waals surface area contributed by atoms with Gasteiger partial charge in [-0.05, 0) is 36.7 Å². The molecule has 0 bridgehead atoms. The third-order valence-corrected chi connectivity index (χ3v) is 3.80. The highest BCUT2D eigenvalue weighted by Crippen LogP contribution is 2.32. The monoisotopic (exact) mass is 273 g/mol. The second-order valence-electron chi connectivity index (χ2n) is 4.37. The maximum Gasteiger partial charge on any atom is 0.145 e. The summed E-state index contributed by atoms with van der Waals surface area (Å²) in [6.07, 6.45) is 0. The second kappa shape index (κ2) is 5.40. The standard InChI is InChI=1S/C14H15N3OS/c1-10-8-13(19-17-10)11-4-2-3-5-12(11)18-9-14-15-6-7-16-14/h2-5,8H,6-7,9H2,1H3,(H,15,16). The maximum absolute atomic E-state index is 5.87. The molecule has 0 aliphatic carbocycles. The fourth-order valence-corrected chi connectivity index (χ4v) is 2.76. The first-order valence-electron chi connectivity index (χ1n) is 6.25. The third-order valence-electron chi connectivity index (χ3n) is 2.89. The van der Waals surface area contributed by atoms with E-state index in [0.29, 0.717) is 6.61 Å². The van der Waals surface area contributed by atoms with Crippen LogP contribution < -0.4 is 10.1 Å². The van der Waals surface area contributed by atoms with Crippen LogP contribution in [0.3, 0.4) is 0 Å². The molecule has 5 heteroatoms. The maximum atomic E-state index is 5.87. The molecule has 1 aromatic carbocycles. The number of hydrogen-bond acceptors (Lipinski definition) is 5. The fraction of sp³-hybridized carbons (Fsp3) is 0.286. The van der Waals surface area contributed by atoms with Crippen LogP contribution in [0.15, 0.2) is 35.3 Å². The van der Waals surface area contributed by atoms with Crippen LogP contribution in [-0.4, -0.2) is 29.9 Å². The Morgan fingerprint density at radius 1 is 1.37 bits per heavy atom. The van der Waals surface area contributed by atoms with E-state index in [2.05, 4.69) is 26.8 Å². The highest BCUT2D eigenvalue weighted by Gasteiger charge is 2.11. The Balaban J connectivity index is 1.81. The molecule has 0 atom stereocenters. The van der Waals surface area contributed by atoms with Crippen LogP contribution >= 0.6 is 11.5 Å². The highest BCUT2D eigenvalue weighted by atomic mass is 32.1. The van der Waals surface area contributed by atoms with Crippen LogP contribution in [0.5, 0.6) is 5.75 Å². The lowest BCUT2D eigenvalue weighted by Crippen LogP contribution is -2.24. The van der Waals surface area contributed by atoms with Crippen molar-refractivity contribution >= 4 is 17.4 Å². The lowest BCUT2D eigenvalue weighted by Gasteiger charge is -2.10. The summed E-state index contributed by atoms with van der Waals surface area (Å²) in [5, 5.41) is 3.21. The van der Waals surface area contributed by atoms with Crippen molar-refractivity contribution in [3.05, 3.63) is 36.0 Å². The van der Waals surface area contributed by atoms with Crippen LogP contribution in [0.25, 0.3) is 10.4 Å². The quantitative estimate of drug-likeness (QED) is 0.931. The minimum atomic E-state index is 0.495. The summed E-state index contributed by atoms with van der Waals surface area (Å²) in [6, 6.07) is 10.1. The zero-order chi connectivity index (χ0) is 13.1. The summed E-state index contributed by atoms with van der Waals surface area (Å²) in [5.74, 6) is 1.80. The van der Waals surface area contributed by atoms with E-state index in [-0.39, 0.29) is 0 Å². The molecule has 4 nitrogen and oxygen atoms in total. The zero-order valence-electron chi connectivity index (χ0n) is 10.7. The van der Waals surface area contributed by atoms with Crippen molar-refractivity contribution in [2.75, 3.05) is 19.7 Å². The van der Waals surface area contributed by atoms with Crippen LogP contribution in [0.4, 0.5) is 0 Å². The van der Waals surface area contributed by atoms with Crippen LogP contribution in [0.1, 0.15) is 5.69 Å². The summed E-state index contributed by atoms with van der Waals surface area (Å²) < 4.78 is 10.2. The number of aryl methyl sites for hydroxylation is 1. The topological polar surface area (TPSA) is 46.5 Å². The second-order valence-corrected chi connectivity index (χ2v) is 5.18. The van der Waals surface area contributed by atoms with Crippen molar-refractivity contribution in [1.82, 2.24) is 9.69 Å². The number of amidine groups is 1. The Morgan fingerprint density at radius 2 is 2.26 bits per heavy atom. The van der Waals surface area contributed by atoms with E-state index in [1.54, 1.807) is 0 Å². The van der Waals surface area contributed by atoms with Crippen LogP contribution in [-0.2, 0) is 0 Å². The number of aromatic nitrogens is 1. The Labute approximate surface area is 116 Å². The Morgan fingerprint density at radius 3 is 3.00 bits per heavy atom. The molecule has 1 aromatic heterocycles. The molecule has 2 heterocycles. The first-order valence-corrected chi connectivity index (χ1v) is 7.03. The summed E-state index contributed by atoms with van der Waals surface area (Å²) in [5.41, 5.74) is 2.13. The molecule has 1 aliphatic heterocycles. The smallest absolute Gasteiger partial charge is 0.145 e. The normalized spacial score (nSPS) is 14.1. The molecule has 0 saturated carbocycles. The molecule has 98 valence electrons. The molecule has 0 spiro atoms. The van der Waals surface area contributed by atoms with E-state index in [1.165, 1.54) is 11.5 Å². The van der Waals surface area contributed by atoms with Crippen LogP contribution in [0, 0.1) is 6.92 Å². The summed E-state index contributed by atoms with van der Waals surface area (Å²) in [7, 11) is 0. The van der Waals surface area contributed by atoms with Crippen molar-refractivity contribution < 1.29 is 4.74 Å². The summed E-state index contributed by atoms with van der Waals surface area (Å²) in [6.45, 7) is 4.25. The van der Waals surface area contributed by atoms with Gasteiger partial charge in [-0.2, -0.15) is 4.37 Å². The number of ether oxygens (including phenoxy) is 1. The number of hydrogen-bond donors (Lipinski definition) is 1.